The fourth-order valence-electron chi connectivity index (χ4n) is 2.76. The zero-order valence-electron chi connectivity index (χ0n) is 10.1. The summed E-state index contributed by atoms with van der Waals surface area (Å²) in [6.45, 7) is 10.1. The normalized spacial score (nSPS) is 40.0. The van der Waals surface area contributed by atoms with Crippen LogP contribution in [0.2, 0.25) is 0 Å². The average Bonchev–Trinajstić information content (AvgIpc) is 2.44. The van der Waals surface area contributed by atoms with Crippen LogP contribution in [0.1, 0.15) is 33.1 Å². The van der Waals surface area contributed by atoms with Gasteiger partial charge in [0.25, 0.3) is 0 Å². The fraction of sp³-hybridized carbons (Fsp3) is 1.00. The summed E-state index contributed by atoms with van der Waals surface area (Å²) in [7, 11) is 0. The van der Waals surface area contributed by atoms with Crippen molar-refractivity contribution in [2.24, 2.45) is 0 Å². The monoisotopic (exact) mass is 212 g/mol. The Labute approximate surface area is 93.2 Å². The summed E-state index contributed by atoms with van der Waals surface area (Å²) in [4.78, 5) is 2.64. The number of hydrogen-bond acceptors (Lipinski definition) is 3. The van der Waals surface area contributed by atoms with Crippen molar-refractivity contribution in [3.05, 3.63) is 0 Å². The first-order valence-corrected chi connectivity index (χ1v) is 6.27. The molecule has 0 bridgehead atoms. The lowest BCUT2D eigenvalue weighted by Crippen LogP contribution is -2.54. The van der Waals surface area contributed by atoms with Crippen molar-refractivity contribution in [2.45, 2.75) is 44.7 Å². The zero-order chi connectivity index (χ0) is 10.7. The van der Waals surface area contributed by atoms with Gasteiger partial charge in [0.1, 0.15) is 0 Å². The molecule has 0 radical (unpaired) electrons. The topological polar surface area (TPSA) is 24.5 Å². The molecule has 15 heavy (non-hydrogen) atoms. The van der Waals surface area contributed by atoms with E-state index in [2.05, 4.69) is 24.1 Å². The molecular formula is C12H24N2O. The van der Waals surface area contributed by atoms with Crippen molar-refractivity contribution in [1.29, 1.82) is 0 Å². The van der Waals surface area contributed by atoms with Gasteiger partial charge in [0.05, 0.1) is 6.61 Å². The molecule has 0 aromatic rings. The lowest BCUT2D eigenvalue weighted by Gasteiger charge is -2.43. The summed E-state index contributed by atoms with van der Waals surface area (Å²) in [6.07, 6.45) is 3.77. The van der Waals surface area contributed by atoms with Gasteiger partial charge in [-0.25, -0.2) is 0 Å². The first-order valence-electron chi connectivity index (χ1n) is 6.27. The lowest BCUT2D eigenvalue weighted by molar-refractivity contribution is -0.0397. The van der Waals surface area contributed by atoms with E-state index in [-0.39, 0.29) is 0 Å². The predicted octanol–water partition coefficient (Wildman–Crippen LogP) is 1.24. The van der Waals surface area contributed by atoms with Gasteiger partial charge < -0.3 is 10.1 Å². The Hall–Kier alpha value is -0.120. The Morgan fingerprint density at radius 1 is 1.40 bits per heavy atom. The lowest BCUT2D eigenvalue weighted by atomic mass is 9.92. The first kappa shape index (κ1) is 11.4. The van der Waals surface area contributed by atoms with Crippen molar-refractivity contribution >= 4 is 0 Å². The zero-order valence-corrected chi connectivity index (χ0v) is 10.1. The molecule has 2 heterocycles. The summed E-state index contributed by atoms with van der Waals surface area (Å²) in [5.74, 6) is 0. The third kappa shape index (κ3) is 2.71. The number of nitrogens with one attached hydrogen (secondary N) is 1. The second-order valence-electron chi connectivity index (χ2n) is 5.31. The maximum absolute atomic E-state index is 5.65. The van der Waals surface area contributed by atoms with Gasteiger partial charge in [-0.2, -0.15) is 0 Å². The van der Waals surface area contributed by atoms with E-state index in [4.69, 9.17) is 4.74 Å². The molecule has 2 aliphatic rings. The predicted molar refractivity (Wildman–Crippen MR) is 62.1 cm³/mol. The second kappa shape index (κ2) is 4.81. The standard InChI is InChI=1S/C12H24N2O/c1-11-9-14(7-4-6-13-11)12(2)5-3-8-15-10-12/h11,13H,3-10H2,1-2H3. The van der Waals surface area contributed by atoms with Gasteiger partial charge in [0.2, 0.25) is 0 Å². The molecule has 1 N–H and O–H groups in total. The van der Waals surface area contributed by atoms with Gasteiger partial charge in [-0.3, -0.25) is 4.90 Å². The van der Waals surface area contributed by atoms with Gasteiger partial charge in [-0.15, -0.1) is 0 Å². The molecule has 0 spiro atoms. The first-order chi connectivity index (χ1) is 7.21. The van der Waals surface area contributed by atoms with E-state index in [1.807, 2.05) is 0 Å². The van der Waals surface area contributed by atoms with Gasteiger partial charge in [-0.1, -0.05) is 0 Å². The van der Waals surface area contributed by atoms with Crippen LogP contribution >= 0.6 is 0 Å². The molecule has 0 aromatic carbocycles. The van der Waals surface area contributed by atoms with E-state index in [1.165, 1.54) is 32.4 Å². The van der Waals surface area contributed by atoms with E-state index < -0.39 is 0 Å². The molecule has 2 atom stereocenters. The number of rotatable bonds is 1. The van der Waals surface area contributed by atoms with E-state index in [0.717, 1.165) is 19.8 Å². The molecule has 2 fully saturated rings. The molecule has 0 amide bonds. The SMILES string of the molecule is CC1CN(C2(C)CCCOC2)CCCN1. The maximum atomic E-state index is 5.65. The Morgan fingerprint density at radius 2 is 2.27 bits per heavy atom. The molecule has 2 aliphatic heterocycles. The van der Waals surface area contributed by atoms with Crippen LogP contribution in [0.15, 0.2) is 0 Å². The summed E-state index contributed by atoms with van der Waals surface area (Å²) in [6, 6.07) is 0.617. The van der Waals surface area contributed by atoms with Crippen LogP contribution in [0.4, 0.5) is 0 Å². The van der Waals surface area contributed by atoms with Crippen LogP contribution in [0.3, 0.4) is 0 Å². The average molecular weight is 212 g/mol. The molecule has 3 nitrogen and oxygen atoms in total. The van der Waals surface area contributed by atoms with Gasteiger partial charge in [0.15, 0.2) is 0 Å². The molecule has 2 saturated heterocycles. The third-order valence-electron chi connectivity index (χ3n) is 3.77. The summed E-state index contributed by atoms with van der Waals surface area (Å²) in [5.41, 5.74) is 0.290. The summed E-state index contributed by atoms with van der Waals surface area (Å²) in [5, 5.41) is 3.55. The molecule has 0 aromatic heterocycles. The maximum Gasteiger partial charge on any atom is 0.0647 e. The number of hydrogen-bond donors (Lipinski definition) is 1. The summed E-state index contributed by atoms with van der Waals surface area (Å²) >= 11 is 0. The minimum absolute atomic E-state index is 0.290. The van der Waals surface area contributed by atoms with Crippen LogP contribution in [-0.4, -0.2) is 49.3 Å². The van der Waals surface area contributed by atoms with Gasteiger partial charge in [-0.05, 0) is 39.7 Å². The molecular weight excluding hydrogens is 188 g/mol. The van der Waals surface area contributed by atoms with Crippen molar-refractivity contribution in [3.63, 3.8) is 0 Å². The Balaban J connectivity index is 1.99. The highest BCUT2D eigenvalue weighted by Crippen LogP contribution is 2.26. The minimum atomic E-state index is 0.290. The van der Waals surface area contributed by atoms with Crippen molar-refractivity contribution in [1.82, 2.24) is 10.2 Å². The molecule has 3 heteroatoms. The highest BCUT2D eigenvalue weighted by Gasteiger charge is 2.35. The Kier molecular flexibility index (Phi) is 3.65. The van der Waals surface area contributed by atoms with Crippen LogP contribution in [0.25, 0.3) is 0 Å². The van der Waals surface area contributed by atoms with Crippen LogP contribution in [-0.2, 0) is 4.74 Å². The van der Waals surface area contributed by atoms with E-state index in [0.29, 0.717) is 11.6 Å². The van der Waals surface area contributed by atoms with Gasteiger partial charge >= 0.3 is 0 Å². The second-order valence-corrected chi connectivity index (χ2v) is 5.31. The van der Waals surface area contributed by atoms with Crippen molar-refractivity contribution < 1.29 is 4.74 Å². The van der Waals surface area contributed by atoms with Crippen molar-refractivity contribution in [3.8, 4) is 0 Å². The molecule has 88 valence electrons. The van der Waals surface area contributed by atoms with Crippen LogP contribution in [0.5, 0.6) is 0 Å². The van der Waals surface area contributed by atoms with E-state index in [1.54, 1.807) is 0 Å². The highest BCUT2D eigenvalue weighted by molar-refractivity contribution is 4.91. The Morgan fingerprint density at radius 3 is 3.00 bits per heavy atom. The van der Waals surface area contributed by atoms with Gasteiger partial charge in [0, 0.05) is 31.3 Å². The van der Waals surface area contributed by atoms with Crippen molar-refractivity contribution in [2.75, 3.05) is 32.8 Å². The van der Waals surface area contributed by atoms with E-state index in [9.17, 15) is 0 Å². The van der Waals surface area contributed by atoms with Crippen LogP contribution in [0, 0.1) is 0 Å². The van der Waals surface area contributed by atoms with Crippen LogP contribution < -0.4 is 5.32 Å². The highest BCUT2D eigenvalue weighted by atomic mass is 16.5. The van der Waals surface area contributed by atoms with E-state index >= 15 is 0 Å². The molecule has 0 saturated carbocycles. The quantitative estimate of drug-likeness (QED) is 0.708. The molecule has 0 aliphatic carbocycles. The number of nitrogens with zero attached hydrogens (tertiary/aromatic N) is 1. The largest absolute Gasteiger partial charge is 0.380 e. The smallest absolute Gasteiger partial charge is 0.0647 e. The summed E-state index contributed by atoms with van der Waals surface area (Å²) < 4.78 is 5.65. The fourth-order valence-corrected chi connectivity index (χ4v) is 2.76. The third-order valence-corrected chi connectivity index (χ3v) is 3.77. The minimum Gasteiger partial charge on any atom is -0.380 e. The molecule has 2 rings (SSSR count). The number of ether oxygens (including phenoxy) is 1. The molecule has 2 unspecified atom stereocenters. The Bertz CT molecular complexity index is 202.